The first-order chi connectivity index (χ1) is 4.58. The highest BCUT2D eigenvalue weighted by atomic mass is 35.6. The normalized spacial score (nSPS) is 11.9. The van der Waals surface area contributed by atoms with Gasteiger partial charge in [0.2, 0.25) is 0 Å². The van der Waals surface area contributed by atoms with E-state index < -0.39 is 3.79 Å². The van der Waals surface area contributed by atoms with Gasteiger partial charge in [0.15, 0.2) is 3.79 Å². The summed E-state index contributed by atoms with van der Waals surface area (Å²) in [6, 6.07) is 0. The summed E-state index contributed by atoms with van der Waals surface area (Å²) in [7, 11) is 0. The second-order valence-electron chi connectivity index (χ2n) is 1.83. The Morgan fingerprint density at radius 1 is 1.50 bits per heavy atom. The number of nitrogens with one attached hydrogen (secondary N) is 1. The molecule has 0 radical (unpaired) electrons. The number of hydrogen-bond acceptors (Lipinski definition) is 1. The Kier molecular flexibility index (Phi) is 2.45. The molecule has 0 bridgehead atoms. The summed E-state index contributed by atoms with van der Waals surface area (Å²) in [4.78, 5) is 6.72. The number of nitrogens with zero attached hydrogens (tertiary/aromatic N) is 1. The molecule has 0 aliphatic carbocycles. The highest BCUT2D eigenvalue weighted by Crippen LogP contribution is 2.28. The molecule has 0 aliphatic rings. The summed E-state index contributed by atoms with van der Waals surface area (Å²) >= 11 is 16.5. The molecule has 1 aromatic rings. The average Bonchev–Trinajstić information content (AvgIpc) is 2.12. The number of alkyl halides is 3. The number of rotatable bonds is 1. The van der Waals surface area contributed by atoms with Gasteiger partial charge in [0.1, 0.15) is 5.82 Å². The van der Waals surface area contributed by atoms with Crippen LogP contribution < -0.4 is 0 Å². The third-order valence-corrected chi connectivity index (χ3v) is 1.32. The van der Waals surface area contributed by atoms with E-state index in [4.69, 9.17) is 34.8 Å². The van der Waals surface area contributed by atoms with Crippen molar-refractivity contribution in [1.82, 2.24) is 9.97 Å². The molecule has 1 N–H and O–H groups in total. The molecule has 0 fully saturated rings. The first-order valence-corrected chi connectivity index (χ1v) is 3.76. The standard InChI is InChI=1S/C5H5Cl3N2/c6-5(7,8)3-4-9-1-2-10-4/h1-2H,3H2,(H,9,10). The number of H-pyrrole nitrogens is 1. The Morgan fingerprint density at radius 2 is 2.20 bits per heavy atom. The van der Waals surface area contributed by atoms with Crippen molar-refractivity contribution in [2.45, 2.75) is 10.2 Å². The minimum absolute atomic E-state index is 0.310. The minimum Gasteiger partial charge on any atom is -0.348 e. The lowest BCUT2D eigenvalue weighted by Crippen LogP contribution is -2.07. The van der Waals surface area contributed by atoms with Crippen LogP contribution >= 0.6 is 34.8 Å². The molecule has 0 amide bonds. The molecule has 0 aromatic carbocycles. The topological polar surface area (TPSA) is 28.7 Å². The number of aromatic amines is 1. The third-order valence-electron chi connectivity index (χ3n) is 0.923. The van der Waals surface area contributed by atoms with Gasteiger partial charge in [-0.3, -0.25) is 0 Å². The van der Waals surface area contributed by atoms with Crippen molar-refractivity contribution in [3.8, 4) is 0 Å². The number of halogens is 3. The minimum atomic E-state index is -1.25. The molecule has 2 nitrogen and oxygen atoms in total. The number of aromatic nitrogens is 2. The summed E-state index contributed by atoms with van der Waals surface area (Å²) in [6.45, 7) is 0. The third kappa shape index (κ3) is 2.78. The van der Waals surface area contributed by atoms with E-state index in [2.05, 4.69) is 9.97 Å². The van der Waals surface area contributed by atoms with Gasteiger partial charge in [0, 0.05) is 12.4 Å². The molecule has 1 heterocycles. The van der Waals surface area contributed by atoms with Crippen molar-refractivity contribution < 1.29 is 0 Å². The summed E-state index contributed by atoms with van der Waals surface area (Å²) < 4.78 is -1.25. The van der Waals surface area contributed by atoms with Gasteiger partial charge in [-0.15, -0.1) is 0 Å². The van der Waals surface area contributed by atoms with Crippen molar-refractivity contribution in [2.75, 3.05) is 0 Å². The van der Waals surface area contributed by atoms with Gasteiger partial charge in [-0.05, 0) is 0 Å². The number of imidazole rings is 1. The molecule has 0 spiro atoms. The van der Waals surface area contributed by atoms with E-state index in [0.29, 0.717) is 12.2 Å². The van der Waals surface area contributed by atoms with Gasteiger partial charge in [0.25, 0.3) is 0 Å². The Balaban J connectivity index is 2.57. The molecular formula is C5H5Cl3N2. The maximum absolute atomic E-state index is 5.50. The largest absolute Gasteiger partial charge is 0.348 e. The second-order valence-corrected chi connectivity index (χ2v) is 4.34. The van der Waals surface area contributed by atoms with Crippen LogP contribution in [-0.2, 0) is 6.42 Å². The lowest BCUT2D eigenvalue weighted by atomic mass is 10.5. The van der Waals surface area contributed by atoms with E-state index >= 15 is 0 Å². The van der Waals surface area contributed by atoms with Gasteiger partial charge < -0.3 is 4.98 Å². The summed E-state index contributed by atoms with van der Waals surface area (Å²) in [5.74, 6) is 0.681. The van der Waals surface area contributed by atoms with Crippen LogP contribution in [0.1, 0.15) is 5.82 Å². The first-order valence-electron chi connectivity index (χ1n) is 2.63. The maximum atomic E-state index is 5.50. The fraction of sp³-hybridized carbons (Fsp3) is 0.400. The molecule has 1 aromatic heterocycles. The lowest BCUT2D eigenvalue weighted by molar-refractivity contribution is 0.920. The highest BCUT2D eigenvalue weighted by molar-refractivity contribution is 6.67. The molecule has 0 unspecified atom stereocenters. The van der Waals surface area contributed by atoms with Crippen LogP contribution in [0, 0.1) is 0 Å². The zero-order valence-corrected chi connectivity index (χ0v) is 7.21. The molecule has 56 valence electrons. The zero-order chi connectivity index (χ0) is 7.61. The molecule has 5 heteroatoms. The van der Waals surface area contributed by atoms with E-state index in [9.17, 15) is 0 Å². The van der Waals surface area contributed by atoms with Gasteiger partial charge in [-0.2, -0.15) is 0 Å². The number of hydrogen-bond donors (Lipinski definition) is 1. The molecular weight excluding hydrogens is 194 g/mol. The second kappa shape index (κ2) is 2.99. The molecule has 0 saturated heterocycles. The molecule has 10 heavy (non-hydrogen) atoms. The zero-order valence-electron chi connectivity index (χ0n) is 4.94. The van der Waals surface area contributed by atoms with Gasteiger partial charge in [-0.25, -0.2) is 4.98 Å². The smallest absolute Gasteiger partial charge is 0.197 e. The molecule has 0 aliphatic heterocycles. The van der Waals surface area contributed by atoms with E-state index in [-0.39, 0.29) is 0 Å². The van der Waals surface area contributed by atoms with Crippen molar-refractivity contribution >= 4 is 34.8 Å². The van der Waals surface area contributed by atoms with Crippen LogP contribution in [0.3, 0.4) is 0 Å². The summed E-state index contributed by atoms with van der Waals surface area (Å²) in [6.07, 6.45) is 3.61. The predicted octanol–water partition coefficient (Wildman–Crippen LogP) is 2.32. The fourth-order valence-electron chi connectivity index (χ4n) is 0.585. The summed E-state index contributed by atoms with van der Waals surface area (Å²) in [5.41, 5.74) is 0. The van der Waals surface area contributed by atoms with E-state index in [1.165, 1.54) is 0 Å². The Morgan fingerprint density at radius 3 is 2.60 bits per heavy atom. The van der Waals surface area contributed by atoms with E-state index in [1.807, 2.05) is 0 Å². The van der Waals surface area contributed by atoms with E-state index in [1.54, 1.807) is 12.4 Å². The van der Waals surface area contributed by atoms with Crippen LogP contribution in [0.4, 0.5) is 0 Å². The lowest BCUT2D eigenvalue weighted by Gasteiger charge is -2.06. The first kappa shape index (κ1) is 8.18. The van der Waals surface area contributed by atoms with Crippen molar-refractivity contribution in [3.05, 3.63) is 18.2 Å². The average molecular weight is 199 g/mol. The highest BCUT2D eigenvalue weighted by Gasteiger charge is 2.21. The van der Waals surface area contributed by atoms with Gasteiger partial charge >= 0.3 is 0 Å². The SMILES string of the molecule is ClC(Cl)(Cl)Cc1ncc[nH]1. The van der Waals surface area contributed by atoms with Gasteiger partial charge in [-0.1, -0.05) is 34.8 Å². The molecule has 1 rings (SSSR count). The Labute approximate surface area is 73.5 Å². The van der Waals surface area contributed by atoms with Crippen LogP contribution in [0.2, 0.25) is 0 Å². The Hall–Kier alpha value is 0.0800. The van der Waals surface area contributed by atoms with Crippen molar-refractivity contribution in [1.29, 1.82) is 0 Å². The Bertz CT molecular complexity index is 189. The van der Waals surface area contributed by atoms with Crippen LogP contribution in [-0.4, -0.2) is 13.8 Å². The summed E-state index contributed by atoms with van der Waals surface area (Å²) in [5, 5.41) is 0. The van der Waals surface area contributed by atoms with Crippen LogP contribution in [0.25, 0.3) is 0 Å². The van der Waals surface area contributed by atoms with Crippen LogP contribution in [0.5, 0.6) is 0 Å². The fourth-order valence-corrected chi connectivity index (χ4v) is 0.964. The van der Waals surface area contributed by atoms with Gasteiger partial charge in [0.05, 0.1) is 6.42 Å². The predicted molar refractivity (Wildman–Crippen MR) is 42.6 cm³/mol. The monoisotopic (exact) mass is 198 g/mol. The van der Waals surface area contributed by atoms with E-state index in [0.717, 1.165) is 0 Å². The molecule has 0 saturated carbocycles. The quantitative estimate of drug-likeness (QED) is 0.691. The molecule has 0 atom stereocenters. The van der Waals surface area contributed by atoms with Crippen molar-refractivity contribution in [2.24, 2.45) is 0 Å². The maximum Gasteiger partial charge on any atom is 0.197 e. The van der Waals surface area contributed by atoms with Crippen molar-refractivity contribution in [3.63, 3.8) is 0 Å². The van der Waals surface area contributed by atoms with Crippen LogP contribution in [0.15, 0.2) is 12.4 Å².